The summed E-state index contributed by atoms with van der Waals surface area (Å²) < 4.78 is 35.6. The molecule has 1 rings (SSSR count). The summed E-state index contributed by atoms with van der Waals surface area (Å²) in [5.74, 6) is 0.532. The molecule has 0 saturated carbocycles. The number of amides is 1. The molecular formula is C16H26N2O5S. The van der Waals surface area contributed by atoms with E-state index in [-0.39, 0.29) is 18.5 Å². The summed E-state index contributed by atoms with van der Waals surface area (Å²) in [5.41, 5.74) is 0.342. The predicted molar refractivity (Wildman–Crippen MR) is 94.2 cm³/mol. The number of sulfonamides is 1. The average Bonchev–Trinajstić information content (AvgIpc) is 2.55. The Balaban J connectivity index is 3.09. The highest BCUT2D eigenvalue weighted by atomic mass is 32.2. The molecule has 8 heteroatoms. The van der Waals surface area contributed by atoms with E-state index in [1.165, 1.54) is 20.3 Å². The summed E-state index contributed by atoms with van der Waals surface area (Å²) in [7, 11) is -0.671. The summed E-state index contributed by atoms with van der Waals surface area (Å²) in [6, 6.07) is 4.74. The molecule has 0 unspecified atom stereocenters. The first-order valence-electron chi connectivity index (χ1n) is 7.75. The lowest BCUT2D eigenvalue weighted by Gasteiger charge is -2.24. The monoisotopic (exact) mass is 358 g/mol. The molecule has 0 saturated heterocycles. The van der Waals surface area contributed by atoms with Gasteiger partial charge in [-0.2, -0.15) is 0 Å². The van der Waals surface area contributed by atoms with Crippen molar-refractivity contribution in [1.29, 1.82) is 0 Å². The van der Waals surface area contributed by atoms with Gasteiger partial charge in [-0.05, 0) is 25.0 Å². The molecule has 0 spiro atoms. The number of benzene rings is 1. The number of nitrogens with one attached hydrogen (secondary N) is 1. The molecule has 24 heavy (non-hydrogen) atoms. The molecule has 1 aromatic carbocycles. The zero-order chi connectivity index (χ0) is 18.3. The van der Waals surface area contributed by atoms with Gasteiger partial charge in [0.1, 0.15) is 6.54 Å². The van der Waals surface area contributed by atoms with Crippen LogP contribution < -0.4 is 19.1 Å². The number of carbonyl (C=O) groups is 1. The van der Waals surface area contributed by atoms with Crippen molar-refractivity contribution in [2.24, 2.45) is 0 Å². The van der Waals surface area contributed by atoms with Crippen LogP contribution in [0.15, 0.2) is 18.2 Å². The smallest absolute Gasteiger partial charge is 0.240 e. The van der Waals surface area contributed by atoms with Gasteiger partial charge in [0.2, 0.25) is 15.9 Å². The molecule has 0 fully saturated rings. The van der Waals surface area contributed by atoms with Crippen LogP contribution in [0.3, 0.4) is 0 Å². The highest BCUT2D eigenvalue weighted by molar-refractivity contribution is 7.92. The van der Waals surface area contributed by atoms with E-state index >= 15 is 0 Å². The Bertz CT molecular complexity index is 656. The zero-order valence-electron chi connectivity index (χ0n) is 14.8. The van der Waals surface area contributed by atoms with Gasteiger partial charge in [-0.1, -0.05) is 13.8 Å². The van der Waals surface area contributed by atoms with E-state index in [0.29, 0.717) is 17.2 Å². The van der Waals surface area contributed by atoms with Crippen LogP contribution in [0.25, 0.3) is 0 Å². The van der Waals surface area contributed by atoms with E-state index in [4.69, 9.17) is 9.47 Å². The van der Waals surface area contributed by atoms with Crippen molar-refractivity contribution >= 4 is 21.6 Å². The minimum Gasteiger partial charge on any atom is -0.493 e. The van der Waals surface area contributed by atoms with Crippen molar-refractivity contribution in [3.05, 3.63) is 18.2 Å². The summed E-state index contributed by atoms with van der Waals surface area (Å²) >= 11 is 0. The predicted octanol–water partition coefficient (Wildman–Crippen LogP) is 1.77. The van der Waals surface area contributed by atoms with Gasteiger partial charge in [-0.3, -0.25) is 9.10 Å². The lowest BCUT2D eigenvalue weighted by Crippen LogP contribution is -2.43. The standard InChI is InChI=1S/C16H26N2O5S/c1-6-12(7-2)17-16(19)11-18(24(5,20)21)13-8-9-14(22-3)15(10-13)23-4/h8-10,12H,6-7,11H2,1-5H3,(H,17,19). The lowest BCUT2D eigenvalue weighted by atomic mass is 10.2. The van der Waals surface area contributed by atoms with Gasteiger partial charge in [0.05, 0.1) is 26.2 Å². The van der Waals surface area contributed by atoms with E-state index in [2.05, 4.69) is 5.32 Å². The second-order valence-electron chi connectivity index (χ2n) is 5.39. The molecule has 0 bridgehead atoms. The van der Waals surface area contributed by atoms with Gasteiger partial charge in [0.25, 0.3) is 0 Å². The Labute approximate surface area is 144 Å². The van der Waals surface area contributed by atoms with Gasteiger partial charge in [-0.25, -0.2) is 8.42 Å². The quantitative estimate of drug-likeness (QED) is 0.727. The fraction of sp³-hybridized carbons (Fsp3) is 0.562. The lowest BCUT2D eigenvalue weighted by molar-refractivity contribution is -0.120. The molecule has 0 aromatic heterocycles. The molecule has 1 aromatic rings. The van der Waals surface area contributed by atoms with Crippen molar-refractivity contribution < 1.29 is 22.7 Å². The van der Waals surface area contributed by atoms with Gasteiger partial charge in [0.15, 0.2) is 11.5 Å². The Hall–Kier alpha value is -1.96. The van der Waals surface area contributed by atoms with Gasteiger partial charge in [-0.15, -0.1) is 0 Å². The molecule has 0 aliphatic rings. The molecule has 0 heterocycles. The minimum atomic E-state index is -3.63. The second kappa shape index (κ2) is 8.77. The fourth-order valence-corrected chi connectivity index (χ4v) is 3.12. The Morgan fingerprint density at radius 3 is 2.21 bits per heavy atom. The summed E-state index contributed by atoms with van der Waals surface area (Å²) in [5, 5.41) is 2.84. The van der Waals surface area contributed by atoms with Crippen molar-refractivity contribution in [2.75, 3.05) is 31.3 Å². The van der Waals surface area contributed by atoms with Crippen molar-refractivity contribution in [2.45, 2.75) is 32.7 Å². The maximum absolute atomic E-state index is 12.2. The maximum Gasteiger partial charge on any atom is 0.240 e. The SMILES string of the molecule is CCC(CC)NC(=O)CN(c1ccc(OC)c(OC)c1)S(C)(=O)=O. The van der Waals surface area contributed by atoms with E-state index in [9.17, 15) is 13.2 Å². The fourth-order valence-electron chi connectivity index (χ4n) is 2.28. The zero-order valence-corrected chi connectivity index (χ0v) is 15.6. The summed E-state index contributed by atoms with van der Waals surface area (Å²) in [4.78, 5) is 12.2. The van der Waals surface area contributed by atoms with Crippen molar-refractivity contribution in [3.63, 3.8) is 0 Å². The summed E-state index contributed by atoms with van der Waals surface area (Å²) in [6.45, 7) is 3.65. The molecule has 1 amide bonds. The van der Waals surface area contributed by atoms with Crippen LogP contribution in [0.2, 0.25) is 0 Å². The number of methoxy groups -OCH3 is 2. The molecule has 0 aliphatic heterocycles. The number of nitrogens with zero attached hydrogens (tertiary/aromatic N) is 1. The number of hydrogen-bond acceptors (Lipinski definition) is 5. The number of carbonyl (C=O) groups excluding carboxylic acids is 1. The third-order valence-corrected chi connectivity index (χ3v) is 4.83. The highest BCUT2D eigenvalue weighted by Crippen LogP contribution is 2.32. The summed E-state index contributed by atoms with van der Waals surface area (Å²) in [6.07, 6.45) is 2.64. The van der Waals surface area contributed by atoms with Gasteiger partial charge >= 0.3 is 0 Å². The normalized spacial score (nSPS) is 11.2. The Morgan fingerprint density at radius 2 is 1.75 bits per heavy atom. The second-order valence-corrected chi connectivity index (χ2v) is 7.30. The molecule has 0 radical (unpaired) electrons. The molecule has 0 aliphatic carbocycles. The maximum atomic E-state index is 12.2. The van der Waals surface area contributed by atoms with Crippen molar-refractivity contribution in [1.82, 2.24) is 5.32 Å². The van der Waals surface area contributed by atoms with Crippen LogP contribution in [0.4, 0.5) is 5.69 Å². The van der Waals surface area contributed by atoms with E-state index in [0.717, 1.165) is 23.4 Å². The molecule has 136 valence electrons. The average molecular weight is 358 g/mol. The number of anilines is 1. The Morgan fingerprint density at radius 1 is 1.17 bits per heavy atom. The first kappa shape index (κ1) is 20.1. The van der Waals surface area contributed by atoms with Crippen LogP contribution >= 0.6 is 0 Å². The van der Waals surface area contributed by atoms with Crippen LogP contribution in [-0.4, -0.2) is 47.4 Å². The molecular weight excluding hydrogens is 332 g/mol. The van der Waals surface area contributed by atoms with E-state index in [1.54, 1.807) is 12.1 Å². The molecule has 7 nitrogen and oxygen atoms in total. The molecule has 0 atom stereocenters. The van der Waals surface area contributed by atoms with Crippen LogP contribution in [0, 0.1) is 0 Å². The van der Waals surface area contributed by atoms with Crippen LogP contribution in [0.5, 0.6) is 11.5 Å². The van der Waals surface area contributed by atoms with Crippen LogP contribution in [0.1, 0.15) is 26.7 Å². The Kier molecular flexibility index (Phi) is 7.34. The highest BCUT2D eigenvalue weighted by Gasteiger charge is 2.23. The topological polar surface area (TPSA) is 84.9 Å². The minimum absolute atomic E-state index is 0.0318. The first-order valence-corrected chi connectivity index (χ1v) is 9.60. The third-order valence-electron chi connectivity index (χ3n) is 3.69. The van der Waals surface area contributed by atoms with Crippen LogP contribution in [-0.2, 0) is 14.8 Å². The van der Waals surface area contributed by atoms with Crippen molar-refractivity contribution in [3.8, 4) is 11.5 Å². The number of rotatable bonds is 9. The van der Waals surface area contributed by atoms with Gasteiger partial charge < -0.3 is 14.8 Å². The van der Waals surface area contributed by atoms with E-state index < -0.39 is 10.0 Å². The van der Waals surface area contributed by atoms with Gasteiger partial charge in [0, 0.05) is 12.1 Å². The first-order chi connectivity index (χ1) is 11.3. The molecule has 1 N–H and O–H groups in total. The largest absolute Gasteiger partial charge is 0.493 e. The number of hydrogen-bond donors (Lipinski definition) is 1. The number of ether oxygens (including phenoxy) is 2. The third kappa shape index (κ3) is 5.30. The van der Waals surface area contributed by atoms with E-state index in [1.807, 2.05) is 13.8 Å².